The fraction of sp³-hybridized carbons (Fsp3) is 0.125. The lowest BCUT2D eigenvalue weighted by Gasteiger charge is -2.12. The van der Waals surface area contributed by atoms with Gasteiger partial charge in [0.2, 0.25) is 0 Å². The Morgan fingerprint density at radius 1 is 1.06 bits per heavy atom. The van der Waals surface area contributed by atoms with Crippen molar-refractivity contribution in [1.82, 2.24) is 5.43 Å². The average molecular weight is 434 g/mol. The number of amides is 1. The fourth-order valence-corrected chi connectivity index (χ4v) is 2.79. The first-order valence-electron chi connectivity index (χ1n) is 9.56. The second-order valence-corrected chi connectivity index (χ2v) is 6.88. The third kappa shape index (κ3) is 6.33. The summed E-state index contributed by atoms with van der Waals surface area (Å²) in [5.41, 5.74) is 5.10. The van der Waals surface area contributed by atoms with Gasteiger partial charge in [-0.1, -0.05) is 23.7 Å². The number of hydrogen-bond acceptors (Lipinski definition) is 5. The van der Waals surface area contributed by atoms with Crippen molar-refractivity contribution >= 4 is 23.7 Å². The molecule has 0 spiro atoms. The minimum atomic E-state index is -0.367. The van der Waals surface area contributed by atoms with Crippen LogP contribution in [0.25, 0.3) is 0 Å². The summed E-state index contributed by atoms with van der Waals surface area (Å²) < 4.78 is 11.6. The number of ether oxygens (including phenoxy) is 2. The zero-order chi connectivity index (χ0) is 22.1. The molecule has 0 radical (unpaired) electrons. The minimum Gasteiger partial charge on any atom is -0.490 e. The highest BCUT2D eigenvalue weighted by Gasteiger charge is 2.07. The summed E-state index contributed by atoms with van der Waals surface area (Å²) in [6, 6.07) is 21.2. The lowest BCUT2D eigenvalue weighted by Crippen LogP contribution is -2.17. The molecule has 1 N–H and O–H groups in total. The number of halogens is 1. The molecule has 0 aliphatic heterocycles. The average Bonchev–Trinajstić information content (AvgIpc) is 2.80. The van der Waals surface area contributed by atoms with E-state index in [0.29, 0.717) is 40.9 Å². The molecule has 7 heteroatoms. The van der Waals surface area contributed by atoms with Crippen LogP contribution in [0.3, 0.4) is 0 Å². The summed E-state index contributed by atoms with van der Waals surface area (Å²) in [6.07, 6.45) is 1.52. The molecule has 1 amide bonds. The molecule has 156 valence electrons. The molecular formula is C24H20ClN3O3. The molecule has 31 heavy (non-hydrogen) atoms. The van der Waals surface area contributed by atoms with Crippen molar-refractivity contribution in [2.24, 2.45) is 5.10 Å². The normalized spacial score (nSPS) is 10.5. The number of nitriles is 1. The van der Waals surface area contributed by atoms with Crippen LogP contribution in [0.1, 0.15) is 34.0 Å². The summed E-state index contributed by atoms with van der Waals surface area (Å²) in [4.78, 5) is 12.1. The van der Waals surface area contributed by atoms with Gasteiger partial charge in [0.05, 0.1) is 24.5 Å². The summed E-state index contributed by atoms with van der Waals surface area (Å²) in [5.74, 6) is 0.822. The molecule has 0 unspecified atom stereocenters. The van der Waals surface area contributed by atoms with Crippen LogP contribution >= 0.6 is 11.6 Å². The molecule has 0 aromatic heterocycles. The molecular weight excluding hydrogens is 414 g/mol. The van der Waals surface area contributed by atoms with Gasteiger partial charge in [-0.3, -0.25) is 4.79 Å². The molecule has 3 rings (SSSR count). The van der Waals surface area contributed by atoms with E-state index in [9.17, 15) is 4.79 Å². The number of nitrogens with one attached hydrogen (secondary N) is 1. The molecule has 0 aliphatic rings. The van der Waals surface area contributed by atoms with E-state index in [2.05, 4.69) is 10.5 Å². The van der Waals surface area contributed by atoms with Crippen LogP contribution in [0, 0.1) is 11.3 Å². The van der Waals surface area contributed by atoms with Crippen LogP contribution < -0.4 is 14.9 Å². The van der Waals surface area contributed by atoms with Crippen LogP contribution in [-0.4, -0.2) is 18.7 Å². The van der Waals surface area contributed by atoms with Crippen molar-refractivity contribution in [3.8, 4) is 17.6 Å². The SMILES string of the molecule is CCOc1cc(/C=N\NC(=O)c2ccc(C#N)cc2)ccc1OCc1ccc(Cl)cc1. The lowest BCUT2D eigenvalue weighted by atomic mass is 10.1. The first-order valence-corrected chi connectivity index (χ1v) is 9.94. The van der Waals surface area contributed by atoms with Crippen molar-refractivity contribution in [3.05, 3.63) is 94.0 Å². The van der Waals surface area contributed by atoms with Crippen molar-refractivity contribution in [2.45, 2.75) is 13.5 Å². The monoisotopic (exact) mass is 433 g/mol. The number of nitrogens with zero attached hydrogens (tertiary/aromatic N) is 2. The highest BCUT2D eigenvalue weighted by Crippen LogP contribution is 2.29. The molecule has 3 aromatic rings. The first kappa shape index (κ1) is 21.9. The Balaban J connectivity index is 1.64. The third-order valence-electron chi connectivity index (χ3n) is 4.23. The van der Waals surface area contributed by atoms with Crippen LogP contribution in [0.2, 0.25) is 5.02 Å². The maximum atomic E-state index is 12.1. The molecule has 0 saturated carbocycles. The van der Waals surface area contributed by atoms with Gasteiger partial charge in [-0.25, -0.2) is 5.43 Å². The molecule has 3 aromatic carbocycles. The zero-order valence-corrected chi connectivity index (χ0v) is 17.6. The van der Waals surface area contributed by atoms with Gasteiger partial charge < -0.3 is 9.47 Å². The van der Waals surface area contributed by atoms with E-state index >= 15 is 0 Å². The van der Waals surface area contributed by atoms with Gasteiger partial charge in [0.1, 0.15) is 6.61 Å². The van der Waals surface area contributed by atoms with E-state index in [-0.39, 0.29) is 5.91 Å². The van der Waals surface area contributed by atoms with Gasteiger partial charge in [0.15, 0.2) is 11.5 Å². The van der Waals surface area contributed by atoms with Crippen molar-refractivity contribution in [1.29, 1.82) is 5.26 Å². The quantitative estimate of drug-likeness (QED) is 0.402. The predicted molar refractivity (Wildman–Crippen MR) is 120 cm³/mol. The molecule has 0 heterocycles. The Morgan fingerprint density at radius 3 is 2.48 bits per heavy atom. The number of hydrogen-bond donors (Lipinski definition) is 1. The zero-order valence-electron chi connectivity index (χ0n) is 16.8. The van der Waals surface area contributed by atoms with E-state index in [1.165, 1.54) is 6.21 Å². The fourth-order valence-electron chi connectivity index (χ4n) is 2.66. The molecule has 0 aliphatic carbocycles. The second kappa shape index (κ2) is 10.8. The van der Waals surface area contributed by atoms with E-state index in [1.807, 2.05) is 43.3 Å². The van der Waals surface area contributed by atoms with Gasteiger partial charge in [0.25, 0.3) is 5.91 Å². The second-order valence-electron chi connectivity index (χ2n) is 6.44. The number of hydrazone groups is 1. The minimum absolute atomic E-state index is 0.367. The molecule has 0 atom stereocenters. The summed E-state index contributed by atoms with van der Waals surface area (Å²) >= 11 is 5.91. The van der Waals surface area contributed by atoms with E-state index in [4.69, 9.17) is 26.3 Å². The highest BCUT2D eigenvalue weighted by atomic mass is 35.5. The van der Waals surface area contributed by atoms with Crippen LogP contribution in [-0.2, 0) is 6.61 Å². The van der Waals surface area contributed by atoms with Crippen molar-refractivity contribution in [2.75, 3.05) is 6.61 Å². The Hall–Kier alpha value is -3.82. The standard InChI is InChI=1S/C24H20ClN3O3/c1-2-30-23-13-19(7-12-22(23)31-16-18-5-10-21(25)11-6-18)15-27-28-24(29)20-8-3-17(14-26)4-9-20/h3-13,15H,2,16H2,1H3,(H,28,29)/b27-15-. The van der Waals surface area contributed by atoms with Gasteiger partial charge >= 0.3 is 0 Å². The topological polar surface area (TPSA) is 83.7 Å². The molecule has 0 fully saturated rings. The van der Waals surface area contributed by atoms with Gasteiger partial charge in [-0.05, 0) is 72.6 Å². The summed E-state index contributed by atoms with van der Waals surface area (Å²) in [5, 5.41) is 13.5. The first-order chi connectivity index (χ1) is 15.1. The Morgan fingerprint density at radius 2 is 1.81 bits per heavy atom. The van der Waals surface area contributed by atoms with E-state index < -0.39 is 0 Å². The number of carbonyl (C=O) groups is 1. The third-order valence-corrected chi connectivity index (χ3v) is 4.48. The smallest absolute Gasteiger partial charge is 0.271 e. The van der Waals surface area contributed by atoms with Crippen LogP contribution in [0.5, 0.6) is 11.5 Å². The largest absolute Gasteiger partial charge is 0.490 e. The lowest BCUT2D eigenvalue weighted by molar-refractivity contribution is 0.0955. The molecule has 0 saturated heterocycles. The van der Waals surface area contributed by atoms with Crippen molar-refractivity contribution < 1.29 is 14.3 Å². The van der Waals surface area contributed by atoms with Gasteiger partial charge in [-0.2, -0.15) is 10.4 Å². The van der Waals surface area contributed by atoms with Crippen molar-refractivity contribution in [3.63, 3.8) is 0 Å². The van der Waals surface area contributed by atoms with Crippen LogP contribution in [0.4, 0.5) is 0 Å². The summed E-state index contributed by atoms with van der Waals surface area (Å²) in [6.45, 7) is 2.75. The van der Waals surface area contributed by atoms with Gasteiger partial charge in [0, 0.05) is 10.6 Å². The number of rotatable bonds is 8. The van der Waals surface area contributed by atoms with E-state index in [1.54, 1.807) is 36.4 Å². The maximum Gasteiger partial charge on any atom is 0.271 e. The van der Waals surface area contributed by atoms with Gasteiger partial charge in [-0.15, -0.1) is 0 Å². The highest BCUT2D eigenvalue weighted by molar-refractivity contribution is 6.30. The van der Waals surface area contributed by atoms with Crippen LogP contribution in [0.15, 0.2) is 71.8 Å². The number of benzene rings is 3. The Bertz CT molecular complexity index is 1100. The number of carbonyl (C=O) groups excluding carboxylic acids is 1. The van der Waals surface area contributed by atoms with E-state index in [0.717, 1.165) is 11.1 Å². The molecule has 6 nitrogen and oxygen atoms in total. The molecule has 0 bridgehead atoms. The Kier molecular flexibility index (Phi) is 7.63. The summed E-state index contributed by atoms with van der Waals surface area (Å²) in [7, 11) is 0. The predicted octanol–water partition coefficient (Wildman–Crippen LogP) is 4.95. The Labute approximate surface area is 185 Å². The maximum absolute atomic E-state index is 12.1.